The first-order chi connectivity index (χ1) is 16.9. The topological polar surface area (TPSA) is 114 Å². The summed E-state index contributed by atoms with van der Waals surface area (Å²) in [6, 6.07) is 20.2. The molecule has 1 fully saturated rings. The van der Waals surface area contributed by atoms with Gasteiger partial charge in [-0.15, -0.1) is 0 Å². The average Bonchev–Trinajstić information content (AvgIpc) is 3.26. The molecule has 35 heavy (non-hydrogen) atoms. The number of sulfonamides is 1. The number of carbonyl (C=O) groups excluding carboxylic acids is 1. The van der Waals surface area contributed by atoms with E-state index < -0.39 is 10.0 Å². The number of hydrogen-bond donors (Lipinski definition) is 2. The molecular weight excluding hydrogens is 468 g/mol. The second-order valence-corrected chi connectivity index (χ2v) is 9.98. The quantitative estimate of drug-likeness (QED) is 0.417. The summed E-state index contributed by atoms with van der Waals surface area (Å²) in [4.78, 5) is 19.0. The molecule has 0 aliphatic carbocycles. The first-order valence-corrected chi connectivity index (χ1v) is 13.0. The zero-order valence-electron chi connectivity index (χ0n) is 19.0. The first kappa shape index (κ1) is 22.9. The minimum atomic E-state index is -3.38. The van der Waals surface area contributed by atoms with E-state index in [9.17, 15) is 13.2 Å². The largest absolute Gasteiger partial charge is 0.423 e. The second-order valence-electron chi connectivity index (χ2n) is 8.23. The molecule has 0 unspecified atom stereocenters. The van der Waals surface area contributed by atoms with E-state index in [1.54, 1.807) is 29.2 Å². The first-order valence-electron chi connectivity index (χ1n) is 11.1. The van der Waals surface area contributed by atoms with Crippen LogP contribution >= 0.6 is 0 Å². The van der Waals surface area contributed by atoms with Gasteiger partial charge in [-0.25, -0.2) is 8.42 Å². The molecule has 1 aliphatic rings. The molecule has 10 heteroatoms. The van der Waals surface area contributed by atoms with Gasteiger partial charge in [0, 0.05) is 29.9 Å². The van der Waals surface area contributed by atoms with Crippen LogP contribution in [0.1, 0.15) is 10.4 Å². The van der Waals surface area contributed by atoms with Crippen molar-refractivity contribution in [2.45, 2.75) is 0 Å². The average molecular weight is 493 g/mol. The monoisotopic (exact) mass is 492 g/mol. The lowest BCUT2D eigenvalue weighted by Crippen LogP contribution is -2.40. The number of nitrogens with one attached hydrogen (secondary N) is 2. The number of hydrogen-bond acceptors (Lipinski definition) is 7. The van der Waals surface area contributed by atoms with Crippen molar-refractivity contribution in [1.29, 1.82) is 0 Å². The fourth-order valence-corrected chi connectivity index (χ4v) is 4.52. The van der Waals surface area contributed by atoms with Gasteiger partial charge in [0.1, 0.15) is 5.52 Å². The van der Waals surface area contributed by atoms with Gasteiger partial charge in [-0.05, 0) is 42.0 Å². The van der Waals surface area contributed by atoms with Gasteiger partial charge in [0.05, 0.1) is 25.2 Å². The Morgan fingerprint density at radius 3 is 2.43 bits per heavy atom. The van der Waals surface area contributed by atoms with Crippen molar-refractivity contribution in [2.24, 2.45) is 0 Å². The number of para-hydroxylation sites is 1. The number of ether oxygens (including phenoxy) is 1. The number of amides is 1. The molecule has 0 saturated carbocycles. The molecule has 3 aromatic carbocycles. The number of morpholine rings is 1. The number of fused-ring (bicyclic) bond motifs is 1. The Morgan fingerprint density at radius 1 is 0.971 bits per heavy atom. The summed E-state index contributed by atoms with van der Waals surface area (Å²) in [5.74, 6) is -0.00296. The Hall–Kier alpha value is -3.89. The highest BCUT2D eigenvalue weighted by atomic mass is 32.2. The Balaban J connectivity index is 1.38. The molecule has 5 rings (SSSR count). The number of nitrogens with zero attached hydrogens (tertiary/aromatic N) is 2. The maximum Gasteiger partial charge on any atom is 0.300 e. The highest BCUT2D eigenvalue weighted by molar-refractivity contribution is 7.92. The van der Waals surface area contributed by atoms with Gasteiger partial charge in [0.2, 0.25) is 10.0 Å². The third-order valence-corrected chi connectivity index (χ3v) is 6.18. The smallest absolute Gasteiger partial charge is 0.300 e. The molecule has 0 bridgehead atoms. The Labute approximate surface area is 202 Å². The van der Waals surface area contributed by atoms with Crippen molar-refractivity contribution in [2.75, 3.05) is 42.6 Å². The van der Waals surface area contributed by atoms with E-state index in [4.69, 9.17) is 9.15 Å². The van der Waals surface area contributed by atoms with Gasteiger partial charge in [0.15, 0.2) is 5.58 Å². The van der Waals surface area contributed by atoms with Crippen LogP contribution < -0.4 is 10.0 Å². The van der Waals surface area contributed by atoms with E-state index in [-0.39, 0.29) is 11.9 Å². The van der Waals surface area contributed by atoms with Crippen LogP contribution in [0.15, 0.2) is 71.1 Å². The fraction of sp³-hybridized carbons (Fsp3) is 0.200. The van der Waals surface area contributed by atoms with Crippen LogP contribution in [0.4, 0.5) is 17.4 Å². The van der Waals surface area contributed by atoms with Gasteiger partial charge in [0.25, 0.3) is 11.9 Å². The molecule has 1 amide bonds. The fourth-order valence-electron chi connectivity index (χ4n) is 3.97. The molecule has 1 aromatic heterocycles. The molecule has 0 atom stereocenters. The highest BCUT2D eigenvalue weighted by Crippen LogP contribution is 2.32. The molecule has 2 N–H and O–H groups in total. The third-order valence-electron chi connectivity index (χ3n) is 5.57. The molecule has 4 aromatic rings. The molecule has 0 radical (unpaired) electrons. The summed E-state index contributed by atoms with van der Waals surface area (Å²) in [5.41, 5.74) is 4.71. The lowest BCUT2D eigenvalue weighted by molar-refractivity contribution is 0.0303. The van der Waals surface area contributed by atoms with Crippen molar-refractivity contribution < 1.29 is 22.4 Å². The van der Waals surface area contributed by atoms with Crippen molar-refractivity contribution in [1.82, 2.24) is 9.88 Å². The molecule has 1 aliphatic heterocycles. The van der Waals surface area contributed by atoms with Crippen LogP contribution in [0, 0.1) is 0 Å². The summed E-state index contributed by atoms with van der Waals surface area (Å²) < 4.78 is 36.8. The molecule has 2 heterocycles. The van der Waals surface area contributed by atoms with E-state index in [0.29, 0.717) is 54.3 Å². The molecule has 0 spiro atoms. The van der Waals surface area contributed by atoms with E-state index >= 15 is 0 Å². The van der Waals surface area contributed by atoms with Crippen LogP contribution in [0.25, 0.3) is 22.2 Å². The lowest BCUT2D eigenvalue weighted by atomic mass is 10.0. The SMILES string of the molecule is CS(=O)(=O)Nc1cccc(Nc2nc3cccc(-c4ccc(C(=O)N5CCOCC5)cc4)c3o2)c1. The van der Waals surface area contributed by atoms with Crippen LogP contribution in [0.3, 0.4) is 0 Å². The maximum atomic E-state index is 12.7. The minimum Gasteiger partial charge on any atom is -0.423 e. The van der Waals surface area contributed by atoms with E-state index in [1.807, 2.05) is 42.5 Å². The van der Waals surface area contributed by atoms with Crippen LogP contribution in [0.5, 0.6) is 0 Å². The van der Waals surface area contributed by atoms with Gasteiger partial charge in [-0.3, -0.25) is 9.52 Å². The van der Waals surface area contributed by atoms with Crippen LogP contribution in [-0.2, 0) is 14.8 Å². The number of oxazole rings is 1. The van der Waals surface area contributed by atoms with Crippen LogP contribution in [0.2, 0.25) is 0 Å². The lowest BCUT2D eigenvalue weighted by Gasteiger charge is -2.26. The summed E-state index contributed by atoms with van der Waals surface area (Å²) >= 11 is 0. The predicted molar refractivity (Wildman–Crippen MR) is 134 cm³/mol. The number of benzene rings is 3. The summed E-state index contributed by atoms with van der Waals surface area (Å²) in [6.45, 7) is 2.32. The normalized spacial score (nSPS) is 14.1. The van der Waals surface area contributed by atoms with Crippen molar-refractivity contribution in [3.05, 3.63) is 72.3 Å². The third kappa shape index (κ3) is 5.28. The molecule has 1 saturated heterocycles. The Morgan fingerprint density at radius 2 is 1.69 bits per heavy atom. The standard InChI is InChI=1S/C25H24N4O5S/c1-35(31,32)28-20-5-2-4-19(16-20)26-25-27-22-7-3-6-21(23(22)34-25)17-8-10-18(11-9-17)24(30)29-12-14-33-15-13-29/h2-11,16,28H,12-15H2,1H3,(H,26,27). The highest BCUT2D eigenvalue weighted by Gasteiger charge is 2.19. The zero-order chi connectivity index (χ0) is 24.4. The van der Waals surface area contributed by atoms with Gasteiger partial charge >= 0.3 is 0 Å². The predicted octanol–water partition coefficient (Wildman–Crippen LogP) is 4.08. The number of carbonyl (C=O) groups is 1. The van der Waals surface area contributed by atoms with Crippen molar-refractivity contribution in [3.8, 4) is 11.1 Å². The van der Waals surface area contributed by atoms with E-state index in [0.717, 1.165) is 17.4 Å². The van der Waals surface area contributed by atoms with E-state index in [1.165, 1.54) is 0 Å². The maximum absolute atomic E-state index is 12.7. The number of rotatable bonds is 6. The molecular formula is C25H24N4O5S. The second kappa shape index (κ2) is 9.40. The Kier molecular flexibility index (Phi) is 6.14. The van der Waals surface area contributed by atoms with Crippen molar-refractivity contribution >= 4 is 44.4 Å². The summed E-state index contributed by atoms with van der Waals surface area (Å²) in [7, 11) is -3.38. The summed E-state index contributed by atoms with van der Waals surface area (Å²) in [5, 5.41) is 3.09. The minimum absolute atomic E-state index is 0.00296. The number of anilines is 3. The van der Waals surface area contributed by atoms with Gasteiger partial charge in [-0.1, -0.05) is 30.3 Å². The molecule has 9 nitrogen and oxygen atoms in total. The Bertz CT molecular complexity index is 1480. The van der Waals surface area contributed by atoms with E-state index in [2.05, 4.69) is 15.0 Å². The van der Waals surface area contributed by atoms with Gasteiger partial charge < -0.3 is 19.4 Å². The number of aromatic nitrogens is 1. The molecule has 180 valence electrons. The van der Waals surface area contributed by atoms with Crippen molar-refractivity contribution in [3.63, 3.8) is 0 Å². The van der Waals surface area contributed by atoms with Gasteiger partial charge in [-0.2, -0.15) is 4.98 Å². The summed E-state index contributed by atoms with van der Waals surface area (Å²) in [6.07, 6.45) is 1.10. The van der Waals surface area contributed by atoms with Crippen LogP contribution in [-0.4, -0.2) is 56.8 Å². The zero-order valence-corrected chi connectivity index (χ0v) is 19.8.